The summed E-state index contributed by atoms with van der Waals surface area (Å²) in [6, 6.07) is 10.3. The van der Waals surface area contributed by atoms with E-state index in [0.29, 0.717) is 17.1 Å². The van der Waals surface area contributed by atoms with E-state index in [2.05, 4.69) is 10.6 Å². The summed E-state index contributed by atoms with van der Waals surface area (Å²) in [6.07, 6.45) is 0. The molecule has 3 rings (SSSR count). The number of hydrogen-bond acceptors (Lipinski definition) is 5. The van der Waals surface area contributed by atoms with Gasteiger partial charge in [-0.05, 0) is 49.2 Å². The van der Waals surface area contributed by atoms with Gasteiger partial charge in [0.05, 0.1) is 22.1 Å². The summed E-state index contributed by atoms with van der Waals surface area (Å²) < 4.78 is 25.6. The molecule has 0 bridgehead atoms. The van der Waals surface area contributed by atoms with Gasteiger partial charge in [0.25, 0.3) is 0 Å². The Kier molecular flexibility index (Phi) is 5.81. The molecule has 2 N–H and O–H groups in total. The normalized spacial score (nSPS) is 14.8. The van der Waals surface area contributed by atoms with Crippen molar-refractivity contribution in [1.82, 2.24) is 0 Å². The van der Waals surface area contributed by atoms with Crippen molar-refractivity contribution in [2.24, 2.45) is 5.92 Å². The Bertz CT molecular complexity index is 1050. The lowest BCUT2D eigenvalue weighted by Gasteiger charge is -2.18. The van der Waals surface area contributed by atoms with Crippen molar-refractivity contribution in [3.8, 4) is 0 Å². The van der Waals surface area contributed by atoms with Crippen LogP contribution in [0.4, 0.5) is 11.4 Å². The summed E-state index contributed by atoms with van der Waals surface area (Å²) in [4.78, 5) is 25.0. The molecular formula is C20H22N2O4S2. The van der Waals surface area contributed by atoms with Crippen LogP contribution in [0.3, 0.4) is 0 Å². The van der Waals surface area contributed by atoms with Gasteiger partial charge in [-0.3, -0.25) is 9.59 Å². The maximum Gasteiger partial charge on any atom is 0.234 e. The van der Waals surface area contributed by atoms with Crippen LogP contribution in [0.25, 0.3) is 0 Å². The van der Waals surface area contributed by atoms with Crippen LogP contribution in [0.1, 0.15) is 18.1 Å². The number of anilines is 2. The number of sulfone groups is 1. The van der Waals surface area contributed by atoms with Gasteiger partial charge in [0.1, 0.15) is 0 Å². The summed E-state index contributed by atoms with van der Waals surface area (Å²) in [6.45, 7) is 5.45. The molecule has 28 heavy (non-hydrogen) atoms. The second-order valence-corrected chi connectivity index (χ2v) is 9.97. The average Bonchev–Trinajstić information content (AvgIpc) is 2.64. The molecule has 1 atom stereocenters. The molecule has 1 aliphatic heterocycles. The minimum atomic E-state index is -3.69. The van der Waals surface area contributed by atoms with Crippen LogP contribution >= 0.6 is 11.8 Å². The number of nitrogens with one attached hydrogen (secondary N) is 2. The van der Waals surface area contributed by atoms with Crippen molar-refractivity contribution < 1.29 is 18.0 Å². The average molecular weight is 419 g/mol. The first kappa shape index (κ1) is 20.4. The highest BCUT2D eigenvalue weighted by Crippen LogP contribution is 2.33. The molecule has 0 aliphatic carbocycles. The van der Waals surface area contributed by atoms with Crippen molar-refractivity contribution in [3.63, 3.8) is 0 Å². The third kappa shape index (κ3) is 4.39. The molecule has 1 unspecified atom stereocenters. The molecule has 8 heteroatoms. The van der Waals surface area contributed by atoms with Gasteiger partial charge in [-0.25, -0.2) is 8.42 Å². The highest BCUT2D eigenvalue weighted by molar-refractivity contribution is 8.00. The standard InChI is InChI=1S/C20H22N2O4S2/c1-12-5-4-6-16(14(12)3)22-20(24)13(2)11-28(25,26)15-7-8-18-17(9-15)21-19(23)10-27-18/h4-9,13H,10-11H2,1-3H3,(H,21,23)(H,22,24). The lowest BCUT2D eigenvalue weighted by molar-refractivity contribution is -0.118. The largest absolute Gasteiger partial charge is 0.326 e. The molecule has 148 valence electrons. The maximum atomic E-state index is 12.8. The van der Waals surface area contributed by atoms with Crippen molar-refractivity contribution >= 4 is 44.8 Å². The predicted molar refractivity (Wildman–Crippen MR) is 112 cm³/mol. The summed E-state index contributed by atoms with van der Waals surface area (Å²) in [5, 5.41) is 5.51. The Morgan fingerprint density at radius 3 is 2.75 bits per heavy atom. The van der Waals surface area contributed by atoms with E-state index in [0.717, 1.165) is 16.0 Å². The highest BCUT2D eigenvalue weighted by atomic mass is 32.2. The molecule has 0 fully saturated rings. The number of rotatable bonds is 5. The molecule has 1 heterocycles. The Morgan fingerprint density at radius 2 is 2.00 bits per heavy atom. The first-order valence-corrected chi connectivity index (χ1v) is 11.5. The van der Waals surface area contributed by atoms with Crippen LogP contribution in [0.5, 0.6) is 0 Å². The summed E-state index contributed by atoms with van der Waals surface area (Å²) in [7, 11) is -3.69. The van der Waals surface area contributed by atoms with Crippen LogP contribution < -0.4 is 10.6 Å². The third-order valence-electron chi connectivity index (χ3n) is 4.72. The van der Waals surface area contributed by atoms with Crippen LogP contribution in [-0.4, -0.2) is 31.7 Å². The smallest absolute Gasteiger partial charge is 0.234 e. The Balaban J connectivity index is 1.74. The number of carbonyl (C=O) groups is 2. The van der Waals surface area contributed by atoms with E-state index in [1.54, 1.807) is 19.1 Å². The van der Waals surface area contributed by atoms with Gasteiger partial charge in [0.15, 0.2) is 9.84 Å². The van der Waals surface area contributed by atoms with E-state index >= 15 is 0 Å². The molecule has 0 spiro atoms. The number of benzene rings is 2. The number of aryl methyl sites for hydroxylation is 1. The maximum absolute atomic E-state index is 12.8. The van der Waals surface area contributed by atoms with Crippen molar-refractivity contribution in [1.29, 1.82) is 0 Å². The fourth-order valence-electron chi connectivity index (χ4n) is 2.90. The minimum Gasteiger partial charge on any atom is -0.326 e. The zero-order valence-electron chi connectivity index (χ0n) is 15.9. The van der Waals surface area contributed by atoms with E-state index in [4.69, 9.17) is 0 Å². The van der Waals surface area contributed by atoms with Gasteiger partial charge >= 0.3 is 0 Å². The number of thioether (sulfide) groups is 1. The number of carbonyl (C=O) groups excluding carboxylic acids is 2. The molecule has 0 saturated heterocycles. The van der Waals surface area contributed by atoms with E-state index in [-0.39, 0.29) is 22.5 Å². The highest BCUT2D eigenvalue weighted by Gasteiger charge is 2.25. The van der Waals surface area contributed by atoms with Gasteiger partial charge in [0, 0.05) is 16.5 Å². The van der Waals surface area contributed by atoms with Gasteiger partial charge in [-0.15, -0.1) is 11.8 Å². The topological polar surface area (TPSA) is 92.3 Å². The van der Waals surface area contributed by atoms with E-state index in [1.807, 2.05) is 26.0 Å². The Labute approximate surface area is 169 Å². The third-order valence-corrected chi connectivity index (χ3v) is 7.71. The summed E-state index contributed by atoms with van der Waals surface area (Å²) in [5.41, 5.74) is 3.18. The predicted octanol–water partition coefficient (Wildman–Crippen LogP) is 3.40. The zero-order valence-corrected chi connectivity index (χ0v) is 17.5. The molecule has 6 nitrogen and oxygen atoms in total. The fraction of sp³-hybridized carbons (Fsp3) is 0.300. The number of hydrogen-bond donors (Lipinski definition) is 2. The molecule has 2 aromatic rings. The molecule has 0 radical (unpaired) electrons. The molecule has 2 aromatic carbocycles. The first-order valence-electron chi connectivity index (χ1n) is 8.84. The van der Waals surface area contributed by atoms with Gasteiger partial charge in [0.2, 0.25) is 11.8 Å². The van der Waals surface area contributed by atoms with Crippen molar-refractivity contribution in [2.75, 3.05) is 22.1 Å². The molecule has 1 aliphatic rings. The van der Waals surface area contributed by atoms with E-state index in [9.17, 15) is 18.0 Å². The summed E-state index contributed by atoms with van der Waals surface area (Å²) >= 11 is 1.37. The minimum absolute atomic E-state index is 0.0976. The van der Waals surface area contributed by atoms with E-state index in [1.165, 1.54) is 23.9 Å². The number of amides is 2. The Morgan fingerprint density at radius 1 is 1.25 bits per heavy atom. The second kappa shape index (κ2) is 7.97. The Hall–Kier alpha value is -2.32. The van der Waals surface area contributed by atoms with E-state index < -0.39 is 15.8 Å². The fourth-order valence-corrected chi connectivity index (χ4v) is 5.26. The lowest BCUT2D eigenvalue weighted by Crippen LogP contribution is -2.27. The van der Waals surface area contributed by atoms with Crippen LogP contribution in [0, 0.1) is 19.8 Å². The van der Waals surface area contributed by atoms with Crippen LogP contribution in [0.15, 0.2) is 46.2 Å². The number of fused-ring (bicyclic) bond motifs is 1. The van der Waals surface area contributed by atoms with Gasteiger partial charge in [-0.1, -0.05) is 19.1 Å². The summed E-state index contributed by atoms with van der Waals surface area (Å²) in [5.74, 6) is -1.24. The van der Waals surface area contributed by atoms with Gasteiger partial charge < -0.3 is 10.6 Å². The van der Waals surface area contributed by atoms with Crippen molar-refractivity contribution in [2.45, 2.75) is 30.6 Å². The SMILES string of the molecule is Cc1cccc(NC(=O)C(C)CS(=O)(=O)c2ccc3c(c2)NC(=O)CS3)c1C. The zero-order chi connectivity index (χ0) is 20.5. The van der Waals surface area contributed by atoms with Crippen LogP contribution in [0.2, 0.25) is 0 Å². The monoisotopic (exact) mass is 418 g/mol. The lowest BCUT2D eigenvalue weighted by atomic mass is 10.1. The quantitative estimate of drug-likeness (QED) is 0.776. The molecule has 2 amide bonds. The molecular weight excluding hydrogens is 396 g/mol. The van der Waals surface area contributed by atoms with Gasteiger partial charge in [-0.2, -0.15) is 0 Å². The first-order chi connectivity index (χ1) is 13.2. The second-order valence-electron chi connectivity index (χ2n) is 6.91. The van der Waals surface area contributed by atoms with Crippen LogP contribution in [-0.2, 0) is 19.4 Å². The molecule has 0 saturated carbocycles. The van der Waals surface area contributed by atoms with Crippen molar-refractivity contribution in [3.05, 3.63) is 47.5 Å². The molecule has 0 aromatic heterocycles.